The van der Waals surface area contributed by atoms with Gasteiger partial charge in [0.15, 0.2) is 0 Å². The van der Waals surface area contributed by atoms with E-state index in [1.807, 2.05) is 0 Å². The van der Waals surface area contributed by atoms with Gasteiger partial charge in [-0.25, -0.2) is 18.4 Å². The predicted molar refractivity (Wildman–Crippen MR) is 81.1 cm³/mol. The second-order valence-corrected chi connectivity index (χ2v) is 6.96. The average molecular weight is 312 g/mol. The minimum atomic E-state index is -3.71. The Bertz CT molecular complexity index is 631. The molecule has 0 aliphatic rings. The van der Waals surface area contributed by atoms with Gasteiger partial charge in [-0.3, -0.25) is 0 Å². The van der Waals surface area contributed by atoms with Gasteiger partial charge in [-0.2, -0.15) is 0 Å². The van der Waals surface area contributed by atoms with Gasteiger partial charge in [0.25, 0.3) is 0 Å². The Morgan fingerprint density at radius 2 is 2.05 bits per heavy atom. The van der Waals surface area contributed by atoms with Crippen molar-refractivity contribution in [1.82, 2.24) is 5.32 Å². The topological polar surface area (TPSA) is 98.5 Å². The number of hydrogen-bond donors (Lipinski definition) is 2. The van der Waals surface area contributed by atoms with Gasteiger partial charge in [0, 0.05) is 6.54 Å². The molecule has 116 valence electrons. The van der Waals surface area contributed by atoms with Crippen LogP contribution in [0.2, 0.25) is 0 Å². The summed E-state index contributed by atoms with van der Waals surface area (Å²) in [7, 11) is -3.71. The predicted octanol–water partition coefficient (Wildman–Crippen LogP) is 1.87. The van der Waals surface area contributed by atoms with Crippen LogP contribution >= 0.6 is 0 Å². The second kappa shape index (κ2) is 6.73. The SMILES string of the molecule is CC(C)(C)OC(=O)NCC=Cc1cccc(S(N)(=O)=O)c1. The van der Waals surface area contributed by atoms with Crippen molar-refractivity contribution in [3.63, 3.8) is 0 Å². The summed E-state index contributed by atoms with van der Waals surface area (Å²) in [6.07, 6.45) is 2.86. The molecular weight excluding hydrogens is 292 g/mol. The van der Waals surface area contributed by atoms with Crippen LogP contribution in [-0.2, 0) is 14.8 Å². The zero-order valence-corrected chi connectivity index (χ0v) is 13.1. The van der Waals surface area contributed by atoms with Crippen LogP contribution in [-0.4, -0.2) is 26.7 Å². The summed E-state index contributed by atoms with van der Waals surface area (Å²) in [4.78, 5) is 11.4. The lowest BCUT2D eigenvalue weighted by Crippen LogP contribution is -2.32. The van der Waals surface area contributed by atoms with Crippen LogP contribution in [0.1, 0.15) is 26.3 Å². The molecule has 7 heteroatoms. The number of primary sulfonamides is 1. The lowest BCUT2D eigenvalue weighted by Gasteiger charge is -2.19. The van der Waals surface area contributed by atoms with Gasteiger partial charge in [0.2, 0.25) is 10.0 Å². The van der Waals surface area contributed by atoms with Crippen LogP contribution < -0.4 is 10.5 Å². The molecule has 0 heterocycles. The highest BCUT2D eigenvalue weighted by molar-refractivity contribution is 7.89. The highest BCUT2D eigenvalue weighted by atomic mass is 32.2. The number of amides is 1. The summed E-state index contributed by atoms with van der Waals surface area (Å²) in [5.74, 6) is 0. The molecule has 1 rings (SSSR count). The summed E-state index contributed by atoms with van der Waals surface area (Å²) in [6, 6.07) is 6.21. The minimum absolute atomic E-state index is 0.0461. The number of alkyl carbamates (subject to hydrolysis) is 1. The van der Waals surface area contributed by atoms with Gasteiger partial charge in [0.05, 0.1) is 4.90 Å². The molecule has 0 radical (unpaired) electrons. The summed E-state index contributed by atoms with van der Waals surface area (Å²) >= 11 is 0. The molecule has 0 aromatic heterocycles. The molecule has 0 spiro atoms. The smallest absolute Gasteiger partial charge is 0.407 e. The quantitative estimate of drug-likeness (QED) is 0.886. The average Bonchev–Trinajstić information content (AvgIpc) is 2.32. The Labute approximate surface area is 125 Å². The Morgan fingerprint density at radius 1 is 1.38 bits per heavy atom. The Kier molecular flexibility index (Phi) is 5.51. The van der Waals surface area contributed by atoms with E-state index in [9.17, 15) is 13.2 Å². The molecule has 0 aliphatic heterocycles. The molecule has 0 atom stereocenters. The fourth-order valence-corrected chi connectivity index (χ4v) is 2.02. The molecule has 1 amide bonds. The minimum Gasteiger partial charge on any atom is -0.444 e. The van der Waals surface area contributed by atoms with E-state index < -0.39 is 21.7 Å². The van der Waals surface area contributed by atoms with Crippen LogP contribution in [0.3, 0.4) is 0 Å². The number of hydrogen-bond acceptors (Lipinski definition) is 4. The molecule has 0 saturated heterocycles. The van der Waals surface area contributed by atoms with E-state index in [0.29, 0.717) is 5.56 Å². The number of carbonyl (C=O) groups is 1. The zero-order valence-electron chi connectivity index (χ0n) is 12.3. The van der Waals surface area contributed by atoms with E-state index >= 15 is 0 Å². The first kappa shape index (κ1) is 17.2. The van der Waals surface area contributed by atoms with E-state index in [4.69, 9.17) is 9.88 Å². The molecule has 0 saturated carbocycles. The van der Waals surface area contributed by atoms with Crippen LogP contribution in [0.25, 0.3) is 6.08 Å². The summed E-state index contributed by atoms with van der Waals surface area (Å²) in [5.41, 5.74) is 0.130. The molecule has 6 nitrogen and oxygen atoms in total. The molecule has 0 aliphatic carbocycles. The number of nitrogens with two attached hydrogens (primary N) is 1. The molecular formula is C14H20N2O4S. The van der Waals surface area contributed by atoms with Crippen molar-refractivity contribution < 1.29 is 17.9 Å². The molecule has 3 N–H and O–H groups in total. The third kappa shape index (κ3) is 6.92. The number of ether oxygens (including phenoxy) is 1. The van der Waals surface area contributed by atoms with Crippen LogP contribution in [0.5, 0.6) is 0 Å². The van der Waals surface area contributed by atoms with Gasteiger partial charge in [0.1, 0.15) is 5.60 Å². The van der Waals surface area contributed by atoms with Crippen molar-refractivity contribution in [2.45, 2.75) is 31.3 Å². The normalized spacial score (nSPS) is 12.4. The maximum Gasteiger partial charge on any atom is 0.407 e. The fourth-order valence-electron chi connectivity index (χ4n) is 1.45. The fraction of sp³-hybridized carbons (Fsp3) is 0.357. The van der Waals surface area contributed by atoms with Crippen LogP contribution in [0.15, 0.2) is 35.2 Å². The highest BCUT2D eigenvalue weighted by Gasteiger charge is 2.14. The first-order valence-corrected chi connectivity index (χ1v) is 7.89. The summed E-state index contributed by atoms with van der Waals surface area (Å²) in [6.45, 7) is 5.61. The van der Waals surface area contributed by atoms with Crippen molar-refractivity contribution in [3.05, 3.63) is 35.9 Å². The van der Waals surface area contributed by atoms with Crippen molar-refractivity contribution in [2.24, 2.45) is 5.14 Å². The van der Waals surface area contributed by atoms with Gasteiger partial charge in [-0.1, -0.05) is 24.3 Å². The monoisotopic (exact) mass is 312 g/mol. The van der Waals surface area contributed by atoms with Crippen molar-refractivity contribution in [2.75, 3.05) is 6.54 Å². The molecule has 0 fully saturated rings. The molecule has 0 unspecified atom stereocenters. The first-order chi connectivity index (χ1) is 9.58. The van der Waals surface area contributed by atoms with E-state index in [1.54, 1.807) is 45.1 Å². The Hall–Kier alpha value is -1.86. The summed E-state index contributed by atoms with van der Waals surface area (Å²) in [5, 5.41) is 7.62. The molecule has 1 aromatic rings. The standard InChI is InChI=1S/C14H20N2O4S/c1-14(2,3)20-13(17)16-9-5-7-11-6-4-8-12(10-11)21(15,18)19/h4-8,10H,9H2,1-3H3,(H,16,17)(H2,15,18,19). The number of rotatable bonds is 4. The van der Waals surface area contributed by atoms with Crippen LogP contribution in [0.4, 0.5) is 4.79 Å². The number of benzene rings is 1. The van der Waals surface area contributed by atoms with Crippen molar-refractivity contribution in [3.8, 4) is 0 Å². The van der Waals surface area contributed by atoms with Crippen molar-refractivity contribution >= 4 is 22.2 Å². The van der Waals surface area contributed by atoms with E-state index in [-0.39, 0.29) is 11.4 Å². The largest absolute Gasteiger partial charge is 0.444 e. The maximum atomic E-state index is 11.4. The van der Waals surface area contributed by atoms with E-state index in [2.05, 4.69) is 5.32 Å². The third-order valence-corrected chi connectivity index (χ3v) is 3.17. The van der Waals surface area contributed by atoms with Crippen LogP contribution in [0, 0.1) is 0 Å². The molecule has 0 bridgehead atoms. The van der Waals surface area contributed by atoms with Gasteiger partial charge >= 0.3 is 6.09 Å². The number of sulfonamides is 1. The molecule has 21 heavy (non-hydrogen) atoms. The Balaban J connectivity index is 2.57. The van der Waals surface area contributed by atoms with E-state index in [1.165, 1.54) is 12.1 Å². The lowest BCUT2D eigenvalue weighted by molar-refractivity contribution is 0.0534. The zero-order chi connectivity index (χ0) is 16.1. The van der Waals surface area contributed by atoms with Gasteiger partial charge in [-0.15, -0.1) is 0 Å². The van der Waals surface area contributed by atoms with E-state index in [0.717, 1.165) is 0 Å². The third-order valence-electron chi connectivity index (χ3n) is 2.26. The van der Waals surface area contributed by atoms with Crippen molar-refractivity contribution in [1.29, 1.82) is 0 Å². The maximum absolute atomic E-state index is 11.4. The Morgan fingerprint density at radius 3 is 2.62 bits per heavy atom. The summed E-state index contributed by atoms with van der Waals surface area (Å²) < 4.78 is 27.5. The number of carbonyl (C=O) groups excluding carboxylic acids is 1. The highest BCUT2D eigenvalue weighted by Crippen LogP contribution is 2.11. The lowest BCUT2D eigenvalue weighted by atomic mass is 10.2. The first-order valence-electron chi connectivity index (χ1n) is 6.34. The molecule has 1 aromatic carbocycles. The second-order valence-electron chi connectivity index (χ2n) is 5.40. The van der Waals surface area contributed by atoms with Gasteiger partial charge < -0.3 is 10.1 Å². The number of nitrogens with one attached hydrogen (secondary N) is 1. The van der Waals surface area contributed by atoms with Gasteiger partial charge in [-0.05, 0) is 38.5 Å².